The predicted octanol–water partition coefficient (Wildman–Crippen LogP) is 0.0479. The minimum Gasteiger partial charge on any atom is -0.424 e. The molecule has 0 unspecified atom stereocenters. The SMILES string of the molecule is O=C(CN1CCCC1)N1CCN(Cc2nnc(C3CC3)o2)C[C@H](O)C1. The zero-order valence-electron chi connectivity index (χ0n) is 14.6. The highest BCUT2D eigenvalue weighted by atomic mass is 16.4. The van der Waals surface area contributed by atoms with E-state index in [4.69, 9.17) is 4.42 Å². The van der Waals surface area contributed by atoms with Gasteiger partial charge in [-0.2, -0.15) is 0 Å². The number of aliphatic hydroxyl groups excluding tert-OH is 1. The monoisotopic (exact) mass is 349 g/mol. The molecule has 1 saturated carbocycles. The molecular formula is C17H27N5O3. The van der Waals surface area contributed by atoms with Gasteiger partial charge in [-0.25, -0.2) is 0 Å². The van der Waals surface area contributed by atoms with Crippen molar-refractivity contribution in [1.82, 2.24) is 24.9 Å². The quantitative estimate of drug-likeness (QED) is 0.804. The lowest BCUT2D eigenvalue weighted by molar-refractivity contribution is -0.133. The molecule has 3 aliphatic rings. The van der Waals surface area contributed by atoms with E-state index in [0.29, 0.717) is 51.1 Å². The second-order valence-corrected chi connectivity index (χ2v) is 7.52. The molecule has 25 heavy (non-hydrogen) atoms. The Morgan fingerprint density at radius 3 is 2.64 bits per heavy atom. The third-order valence-electron chi connectivity index (χ3n) is 5.26. The minimum atomic E-state index is -0.546. The maximum absolute atomic E-state index is 12.5. The average molecular weight is 349 g/mol. The molecule has 2 aliphatic heterocycles. The van der Waals surface area contributed by atoms with Gasteiger partial charge < -0.3 is 14.4 Å². The van der Waals surface area contributed by atoms with Crippen molar-refractivity contribution in [2.24, 2.45) is 0 Å². The van der Waals surface area contributed by atoms with E-state index in [2.05, 4.69) is 20.0 Å². The molecule has 1 atom stereocenters. The van der Waals surface area contributed by atoms with Crippen LogP contribution >= 0.6 is 0 Å². The van der Waals surface area contributed by atoms with Crippen LogP contribution in [0.5, 0.6) is 0 Å². The first kappa shape index (κ1) is 16.9. The molecular weight excluding hydrogens is 322 g/mol. The Bertz CT molecular complexity index is 597. The van der Waals surface area contributed by atoms with Crippen molar-refractivity contribution in [3.8, 4) is 0 Å². The number of aromatic nitrogens is 2. The molecule has 1 amide bonds. The van der Waals surface area contributed by atoms with Crippen LogP contribution in [-0.2, 0) is 11.3 Å². The molecule has 1 aliphatic carbocycles. The molecule has 3 fully saturated rings. The van der Waals surface area contributed by atoms with Crippen molar-refractivity contribution in [2.45, 2.75) is 44.2 Å². The Morgan fingerprint density at radius 1 is 1.08 bits per heavy atom. The topological polar surface area (TPSA) is 85.9 Å². The van der Waals surface area contributed by atoms with Gasteiger partial charge in [0.15, 0.2) is 0 Å². The van der Waals surface area contributed by atoms with E-state index in [9.17, 15) is 9.90 Å². The van der Waals surface area contributed by atoms with E-state index in [1.807, 2.05) is 0 Å². The normalized spacial score (nSPS) is 26.1. The maximum Gasteiger partial charge on any atom is 0.236 e. The van der Waals surface area contributed by atoms with Gasteiger partial charge in [0.2, 0.25) is 17.7 Å². The highest BCUT2D eigenvalue weighted by Crippen LogP contribution is 2.39. The lowest BCUT2D eigenvalue weighted by atomic mass is 10.3. The van der Waals surface area contributed by atoms with E-state index in [0.717, 1.165) is 31.8 Å². The van der Waals surface area contributed by atoms with Crippen LogP contribution < -0.4 is 0 Å². The number of β-amino-alcohol motifs (C(OH)–C–C–N with tert-alkyl or cyclic N) is 1. The standard InChI is InChI=1S/C17H27N5O3/c23-14-9-21(11-15-18-19-17(25-15)13-3-4-13)7-8-22(10-14)16(24)12-20-5-1-2-6-20/h13-14,23H,1-12H2/t14-/m0/s1. The first-order valence-corrected chi connectivity index (χ1v) is 9.40. The summed E-state index contributed by atoms with van der Waals surface area (Å²) >= 11 is 0. The maximum atomic E-state index is 12.5. The van der Waals surface area contributed by atoms with E-state index >= 15 is 0 Å². The highest BCUT2D eigenvalue weighted by Gasteiger charge is 2.30. The lowest BCUT2D eigenvalue weighted by Gasteiger charge is -2.24. The zero-order valence-corrected chi connectivity index (χ0v) is 14.6. The van der Waals surface area contributed by atoms with Crippen molar-refractivity contribution < 1.29 is 14.3 Å². The van der Waals surface area contributed by atoms with E-state index < -0.39 is 6.10 Å². The predicted molar refractivity (Wildman–Crippen MR) is 89.8 cm³/mol. The second kappa shape index (κ2) is 7.39. The number of likely N-dealkylation sites (tertiary alicyclic amines) is 1. The number of rotatable bonds is 5. The van der Waals surface area contributed by atoms with Crippen molar-refractivity contribution in [3.05, 3.63) is 11.8 Å². The van der Waals surface area contributed by atoms with Gasteiger partial charge in [0.05, 0.1) is 19.2 Å². The summed E-state index contributed by atoms with van der Waals surface area (Å²) in [6, 6.07) is 0. The summed E-state index contributed by atoms with van der Waals surface area (Å²) in [5.74, 6) is 1.92. The van der Waals surface area contributed by atoms with Crippen LogP contribution in [0.15, 0.2) is 4.42 Å². The summed E-state index contributed by atoms with van der Waals surface area (Å²) in [6.07, 6.45) is 4.08. The van der Waals surface area contributed by atoms with Gasteiger partial charge in [0, 0.05) is 32.1 Å². The number of carbonyl (C=O) groups is 1. The fourth-order valence-electron chi connectivity index (χ4n) is 3.67. The molecule has 2 saturated heterocycles. The third-order valence-corrected chi connectivity index (χ3v) is 5.26. The van der Waals surface area contributed by atoms with Gasteiger partial charge in [-0.1, -0.05) is 0 Å². The summed E-state index contributed by atoms with van der Waals surface area (Å²) in [5.41, 5.74) is 0. The van der Waals surface area contributed by atoms with E-state index in [1.165, 1.54) is 12.8 Å². The van der Waals surface area contributed by atoms with Gasteiger partial charge >= 0.3 is 0 Å². The fraction of sp³-hybridized carbons (Fsp3) is 0.824. The summed E-state index contributed by atoms with van der Waals surface area (Å²) in [4.78, 5) is 18.6. The Labute approximate surface area is 147 Å². The summed E-state index contributed by atoms with van der Waals surface area (Å²) in [6.45, 7) is 5.29. The molecule has 1 N–H and O–H groups in total. The van der Waals surface area contributed by atoms with Gasteiger partial charge in [0.1, 0.15) is 0 Å². The first-order valence-electron chi connectivity index (χ1n) is 9.40. The number of hydrogen-bond donors (Lipinski definition) is 1. The van der Waals surface area contributed by atoms with Crippen LogP contribution in [0.1, 0.15) is 43.4 Å². The van der Waals surface area contributed by atoms with E-state index in [1.54, 1.807) is 4.90 Å². The van der Waals surface area contributed by atoms with Crippen molar-refractivity contribution in [2.75, 3.05) is 45.8 Å². The van der Waals surface area contributed by atoms with Gasteiger partial charge in [-0.05, 0) is 38.8 Å². The number of amides is 1. The van der Waals surface area contributed by atoms with Crippen LogP contribution in [0.2, 0.25) is 0 Å². The van der Waals surface area contributed by atoms with Crippen LogP contribution in [-0.4, -0.2) is 87.8 Å². The summed E-state index contributed by atoms with van der Waals surface area (Å²) in [7, 11) is 0. The van der Waals surface area contributed by atoms with Crippen molar-refractivity contribution in [3.63, 3.8) is 0 Å². The minimum absolute atomic E-state index is 0.122. The molecule has 0 bridgehead atoms. The Morgan fingerprint density at radius 2 is 1.88 bits per heavy atom. The average Bonchev–Trinajstić information content (AvgIpc) is 3.18. The molecule has 0 spiro atoms. The largest absolute Gasteiger partial charge is 0.424 e. The van der Waals surface area contributed by atoms with E-state index in [-0.39, 0.29) is 5.91 Å². The molecule has 0 aromatic carbocycles. The van der Waals surface area contributed by atoms with Crippen LogP contribution in [0.4, 0.5) is 0 Å². The van der Waals surface area contributed by atoms with Gasteiger partial charge in [0.25, 0.3) is 0 Å². The molecule has 4 rings (SSSR count). The molecule has 3 heterocycles. The molecule has 1 aromatic heterocycles. The first-order chi connectivity index (χ1) is 12.2. The Balaban J connectivity index is 1.30. The molecule has 8 heteroatoms. The smallest absolute Gasteiger partial charge is 0.236 e. The summed E-state index contributed by atoms with van der Waals surface area (Å²) in [5, 5.41) is 18.5. The molecule has 0 radical (unpaired) electrons. The molecule has 138 valence electrons. The Hall–Kier alpha value is -1.51. The number of nitrogens with zero attached hydrogens (tertiary/aromatic N) is 5. The van der Waals surface area contributed by atoms with Crippen molar-refractivity contribution in [1.29, 1.82) is 0 Å². The lowest BCUT2D eigenvalue weighted by Crippen LogP contribution is -2.43. The van der Waals surface area contributed by atoms with Crippen LogP contribution in [0.3, 0.4) is 0 Å². The third kappa shape index (κ3) is 4.37. The van der Waals surface area contributed by atoms with Gasteiger partial charge in [-0.15, -0.1) is 10.2 Å². The zero-order chi connectivity index (χ0) is 17.2. The van der Waals surface area contributed by atoms with Crippen molar-refractivity contribution >= 4 is 5.91 Å². The molecule has 8 nitrogen and oxygen atoms in total. The van der Waals surface area contributed by atoms with Gasteiger partial charge in [-0.3, -0.25) is 14.6 Å². The number of hydrogen-bond acceptors (Lipinski definition) is 7. The Kier molecular flexibility index (Phi) is 5.00. The van der Waals surface area contributed by atoms with Crippen LogP contribution in [0.25, 0.3) is 0 Å². The highest BCUT2D eigenvalue weighted by molar-refractivity contribution is 5.78. The molecule has 1 aromatic rings. The fourth-order valence-corrected chi connectivity index (χ4v) is 3.67. The summed E-state index contributed by atoms with van der Waals surface area (Å²) < 4.78 is 5.72. The number of carbonyl (C=O) groups excluding carboxylic acids is 1. The van der Waals surface area contributed by atoms with Crippen LogP contribution in [0, 0.1) is 0 Å². The number of aliphatic hydroxyl groups is 1. The second-order valence-electron chi connectivity index (χ2n) is 7.52.